The maximum absolute atomic E-state index is 12.8. The van der Waals surface area contributed by atoms with Crippen molar-refractivity contribution in [1.29, 1.82) is 0 Å². The second kappa shape index (κ2) is 7.22. The summed E-state index contributed by atoms with van der Waals surface area (Å²) in [4.78, 5) is 8.04. The minimum atomic E-state index is -0.183. The van der Waals surface area contributed by atoms with Gasteiger partial charge in [0.15, 0.2) is 0 Å². The smallest absolute Gasteiger partial charge is 0.123 e. The summed E-state index contributed by atoms with van der Waals surface area (Å²) in [6.45, 7) is 1.83. The van der Waals surface area contributed by atoms with Crippen LogP contribution in [0.5, 0.6) is 0 Å². The van der Waals surface area contributed by atoms with Crippen LogP contribution in [0.4, 0.5) is 4.39 Å². The molecule has 0 radical (unpaired) electrons. The van der Waals surface area contributed by atoms with Crippen molar-refractivity contribution in [1.82, 2.24) is 9.88 Å². The van der Waals surface area contributed by atoms with Crippen LogP contribution in [-0.2, 0) is 6.54 Å². The van der Waals surface area contributed by atoms with Crippen LogP contribution in [-0.4, -0.2) is 29.2 Å². The van der Waals surface area contributed by atoms with Gasteiger partial charge in [0.2, 0.25) is 0 Å². The van der Waals surface area contributed by atoms with E-state index in [2.05, 4.69) is 29.1 Å². The molecule has 1 aromatic heterocycles. The molecule has 0 amide bonds. The fraction of sp³-hybridized carbons (Fsp3) is 0.235. The normalized spacial score (nSPS) is 11.4. The van der Waals surface area contributed by atoms with Gasteiger partial charge in [0.25, 0.3) is 0 Å². The standard InChI is InChI=1S/C17H17FN2S2/c1-20(10-11-21-14-8-6-13(18)7-9-14)12-17-19-15-4-2-3-5-16(15)22-17/h2-9H,10-12H2,1H3. The van der Waals surface area contributed by atoms with Crippen molar-refractivity contribution < 1.29 is 4.39 Å². The quantitative estimate of drug-likeness (QED) is 0.611. The third-order valence-electron chi connectivity index (χ3n) is 3.30. The Morgan fingerprint density at radius 1 is 1.14 bits per heavy atom. The summed E-state index contributed by atoms with van der Waals surface area (Å²) in [5, 5.41) is 1.15. The molecule has 0 saturated heterocycles. The molecule has 0 spiro atoms. The highest BCUT2D eigenvalue weighted by atomic mass is 32.2. The number of thioether (sulfide) groups is 1. The molecule has 0 atom stereocenters. The molecular weight excluding hydrogens is 315 g/mol. The lowest BCUT2D eigenvalue weighted by molar-refractivity contribution is 0.348. The Bertz CT molecular complexity index is 707. The van der Waals surface area contributed by atoms with Gasteiger partial charge in [0.05, 0.1) is 16.8 Å². The zero-order valence-corrected chi connectivity index (χ0v) is 14.0. The third-order valence-corrected chi connectivity index (χ3v) is 5.31. The fourth-order valence-corrected chi connectivity index (χ4v) is 4.16. The van der Waals surface area contributed by atoms with Crippen LogP contribution in [0.25, 0.3) is 10.2 Å². The number of hydrogen-bond acceptors (Lipinski definition) is 4. The molecule has 5 heteroatoms. The first-order valence-corrected chi connectivity index (χ1v) is 8.92. The highest BCUT2D eigenvalue weighted by Gasteiger charge is 2.06. The van der Waals surface area contributed by atoms with Gasteiger partial charge < -0.3 is 0 Å². The summed E-state index contributed by atoms with van der Waals surface area (Å²) in [6, 6.07) is 14.9. The zero-order chi connectivity index (χ0) is 15.4. The van der Waals surface area contributed by atoms with Crippen LogP contribution >= 0.6 is 23.1 Å². The van der Waals surface area contributed by atoms with Crippen molar-refractivity contribution in [3.05, 3.63) is 59.4 Å². The number of hydrogen-bond donors (Lipinski definition) is 0. The number of halogens is 1. The van der Waals surface area contributed by atoms with Crippen LogP contribution in [0.2, 0.25) is 0 Å². The molecule has 0 aliphatic carbocycles. The number of nitrogens with zero attached hydrogens (tertiary/aromatic N) is 2. The van der Waals surface area contributed by atoms with Gasteiger partial charge in [-0.3, -0.25) is 4.90 Å². The lowest BCUT2D eigenvalue weighted by Gasteiger charge is -2.14. The van der Waals surface area contributed by atoms with Crippen LogP contribution < -0.4 is 0 Å². The van der Waals surface area contributed by atoms with E-state index in [4.69, 9.17) is 0 Å². The van der Waals surface area contributed by atoms with Gasteiger partial charge >= 0.3 is 0 Å². The van der Waals surface area contributed by atoms with Crippen molar-refractivity contribution in [2.24, 2.45) is 0 Å². The lowest BCUT2D eigenvalue weighted by Crippen LogP contribution is -2.20. The number of fused-ring (bicyclic) bond motifs is 1. The number of thiazole rings is 1. The predicted octanol–water partition coefficient (Wildman–Crippen LogP) is 4.66. The van der Waals surface area contributed by atoms with Crippen LogP contribution in [0.15, 0.2) is 53.4 Å². The first-order valence-electron chi connectivity index (χ1n) is 7.12. The van der Waals surface area contributed by atoms with Crippen LogP contribution in [0.3, 0.4) is 0 Å². The Morgan fingerprint density at radius 2 is 1.91 bits per heavy atom. The molecule has 0 saturated carbocycles. The Labute approximate surface area is 138 Å². The van der Waals surface area contributed by atoms with Crippen molar-refractivity contribution in [2.45, 2.75) is 11.4 Å². The maximum Gasteiger partial charge on any atom is 0.123 e. The van der Waals surface area contributed by atoms with E-state index >= 15 is 0 Å². The van der Waals surface area contributed by atoms with E-state index in [1.165, 1.54) is 16.8 Å². The second-order valence-corrected chi connectivity index (χ2v) is 7.40. The molecule has 0 aliphatic rings. The summed E-state index contributed by atoms with van der Waals surface area (Å²) in [5.74, 6) is 0.796. The van der Waals surface area contributed by atoms with Gasteiger partial charge in [-0.15, -0.1) is 23.1 Å². The average molecular weight is 332 g/mol. The van der Waals surface area contributed by atoms with Gasteiger partial charge in [0, 0.05) is 17.2 Å². The molecule has 0 N–H and O–H groups in total. The minimum absolute atomic E-state index is 0.183. The first kappa shape index (κ1) is 15.5. The molecule has 3 aromatic rings. The second-order valence-electron chi connectivity index (χ2n) is 5.12. The van der Waals surface area contributed by atoms with Gasteiger partial charge in [-0.25, -0.2) is 9.37 Å². The summed E-state index contributed by atoms with van der Waals surface area (Å²) in [5.41, 5.74) is 1.08. The van der Waals surface area contributed by atoms with Crippen LogP contribution in [0, 0.1) is 5.82 Å². The van der Waals surface area contributed by atoms with E-state index in [0.717, 1.165) is 34.3 Å². The molecule has 22 heavy (non-hydrogen) atoms. The van der Waals surface area contributed by atoms with Crippen molar-refractivity contribution in [3.8, 4) is 0 Å². The topological polar surface area (TPSA) is 16.1 Å². The summed E-state index contributed by atoms with van der Waals surface area (Å²) >= 11 is 3.50. The highest BCUT2D eigenvalue weighted by Crippen LogP contribution is 2.23. The monoisotopic (exact) mass is 332 g/mol. The van der Waals surface area contributed by atoms with E-state index in [0.29, 0.717) is 0 Å². The van der Waals surface area contributed by atoms with Gasteiger partial charge in [-0.05, 0) is 43.4 Å². The van der Waals surface area contributed by atoms with E-state index in [-0.39, 0.29) is 5.82 Å². The van der Waals surface area contributed by atoms with E-state index in [1.807, 2.05) is 24.3 Å². The molecule has 3 rings (SSSR count). The zero-order valence-electron chi connectivity index (χ0n) is 12.3. The SMILES string of the molecule is CN(CCSc1ccc(F)cc1)Cc1nc2ccccc2s1. The van der Waals surface area contributed by atoms with Gasteiger partial charge in [0.1, 0.15) is 10.8 Å². The number of para-hydroxylation sites is 1. The summed E-state index contributed by atoms with van der Waals surface area (Å²) < 4.78 is 14.1. The number of benzene rings is 2. The molecule has 0 aliphatic heterocycles. The first-order chi connectivity index (χ1) is 10.7. The number of rotatable bonds is 6. The molecule has 0 bridgehead atoms. The fourth-order valence-electron chi connectivity index (χ4n) is 2.15. The van der Waals surface area contributed by atoms with Crippen molar-refractivity contribution >= 4 is 33.3 Å². The van der Waals surface area contributed by atoms with E-state index in [1.54, 1.807) is 23.1 Å². The maximum atomic E-state index is 12.8. The Kier molecular flexibility index (Phi) is 5.08. The molecule has 2 nitrogen and oxygen atoms in total. The Hall–Kier alpha value is -1.43. The molecule has 114 valence electrons. The molecule has 0 fully saturated rings. The average Bonchev–Trinajstić information content (AvgIpc) is 2.91. The predicted molar refractivity (Wildman–Crippen MR) is 93.1 cm³/mol. The van der Waals surface area contributed by atoms with Crippen molar-refractivity contribution in [3.63, 3.8) is 0 Å². The lowest BCUT2D eigenvalue weighted by atomic mass is 10.3. The van der Waals surface area contributed by atoms with E-state index in [9.17, 15) is 4.39 Å². The molecule has 0 unspecified atom stereocenters. The molecule has 1 heterocycles. The summed E-state index contributed by atoms with van der Waals surface area (Å²) in [7, 11) is 2.11. The largest absolute Gasteiger partial charge is 0.299 e. The third kappa shape index (κ3) is 4.06. The highest BCUT2D eigenvalue weighted by molar-refractivity contribution is 7.99. The Morgan fingerprint density at radius 3 is 2.68 bits per heavy atom. The Balaban J connectivity index is 1.49. The van der Waals surface area contributed by atoms with E-state index < -0.39 is 0 Å². The molecule has 2 aromatic carbocycles. The van der Waals surface area contributed by atoms with Gasteiger partial charge in [-0.2, -0.15) is 0 Å². The van der Waals surface area contributed by atoms with Gasteiger partial charge in [-0.1, -0.05) is 12.1 Å². The minimum Gasteiger partial charge on any atom is -0.299 e. The molecular formula is C17H17FN2S2. The number of aromatic nitrogens is 1. The summed E-state index contributed by atoms with van der Waals surface area (Å²) in [6.07, 6.45) is 0. The van der Waals surface area contributed by atoms with Crippen LogP contribution in [0.1, 0.15) is 5.01 Å². The van der Waals surface area contributed by atoms with Crippen molar-refractivity contribution in [2.75, 3.05) is 19.3 Å².